The highest BCUT2D eigenvalue weighted by atomic mass is 19.4. The first-order valence-electron chi connectivity index (χ1n) is 7.31. The molecule has 3 aromatic rings. The highest BCUT2D eigenvalue weighted by Crippen LogP contribution is 2.44. The maximum absolute atomic E-state index is 13.5. The third kappa shape index (κ3) is 3.37. The Morgan fingerprint density at radius 1 is 1.19 bits per heavy atom. The Morgan fingerprint density at radius 2 is 1.89 bits per heavy atom. The summed E-state index contributed by atoms with van der Waals surface area (Å²) in [6.45, 7) is 1.74. The van der Waals surface area contributed by atoms with E-state index in [0.29, 0.717) is 23.6 Å². The van der Waals surface area contributed by atoms with E-state index in [4.69, 9.17) is 0 Å². The lowest BCUT2D eigenvalue weighted by molar-refractivity contribution is -0.384. The number of anilines is 2. The number of imidazole rings is 1. The van der Waals surface area contributed by atoms with Crippen LogP contribution in [0, 0.1) is 17.0 Å². The number of aromatic nitrogens is 3. The van der Waals surface area contributed by atoms with Gasteiger partial charge in [-0.05, 0) is 25.1 Å². The third-order valence-corrected chi connectivity index (χ3v) is 3.61. The van der Waals surface area contributed by atoms with Gasteiger partial charge in [-0.15, -0.1) is 0 Å². The summed E-state index contributed by atoms with van der Waals surface area (Å²) >= 11 is 0. The van der Waals surface area contributed by atoms with E-state index >= 15 is 0 Å². The molecule has 0 aliphatic carbocycles. The second-order valence-corrected chi connectivity index (χ2v) is 5.61. The number of rotatable bonds is 4. The van der Waals surface area contributed by atoms with Crippen molar-refractivity contribution in [2.75, 3.05) is 5.32 Å². The summed E-state index contributed by atoms with van der Waals surface area (Å²) in [6, 6.07) is 3.32. The van der Waals surface area contributed by atoms with Gasteiger partial charge in [-0.1, -0.05) is 0 Å². The van der Waals surface area contributed by atoms with E-state index in [2.05, 4.69) is 15.3 Å². The number of fused-ring (bicyclic) bond motifs is 1. The van der Waals surface area contributed by atoms with Crippen LogP contribution in [0.25, 0.3) is 5.65 Å². The van der Waals surface area contributed by atoms with Crippen LogP contribution in [-0.4, -0.2) is 25.5 Å². The SMILES string of the molecule is Cc1cn2cc(Nc3cc(C(F)(F)C(F)(F)F)ncc3[N+](=O)[O-])ccc2n1. The van der Waals surface area contributed by atoms with Gasteiger partial charge in [-0.3, -0.25) is 10.1 Å². The molecule has 3 rings (SSSR count). The number of pyridine rings is 2. The van der Waals surface area contributed by atoms with Crippen molar-refractivity contribution in [3.63, 3.8) is 0 Å². The molecule has 0 spiro atoms. The number of nitro groups is 1. The zero-order valence-corrected chi connectivity index (χ0v) is 13.5. The maximum atomic E-state index is 13.5. The summed E-state index contributed by atoms with van der Waals surface area (Å²) in [5.74, 6) is -5.26. The molecule has 0 saturated carbocycles. The quantitative estimate of drug-likeness (QED) is 0.409. The van der Waals surface area contributed by atoms with E-state index in [9.17, 15) is 32.1 Å². The molecular weight excluding hydrogens is 377 g/mol. The Labute approximate surface area is 147 Å². The van der Waals surface area contributed by atoms with Crippen molar-refractivity contribution in [3.8, 4) is 0 Å². The Bertz CT molecular complexity index is 1030. The van der Waals surface area contributed by atoms with Crippen LogP contribution in [0.15, 0.2) is 36.8 Å². The zero-order chi connectivity index (χ0) is 20.0. The van der Waals surface area contributed by atoms with E-state index < -0.39 is 34.1 Å². The third-order valence-electron chi connectivity index (χ3n) is 3.61. The Hall–Kier alpha value is -3.31. The average Bonchev–Trinajstić information content (AvgIpc) is 2.92. The van der Waals surface area contributed by atoms with Crippen molar-refractivity contribution in [3.05, 3.63) is 58.3 Å². The Morgan fingerprint density at radius 3 is 2.52 bits per heavy atom. The molecule has 0 aromatic carbocycles. The molecule has 0 unspecified atom stereocenters. The molecule has 3 heterocycles. The minimum Gasteiger partial charge on any atom is -0.349 e. The highest BCUT2D eigenvalue weighted by molar-refractivity contribution is 5.69. The van der Waals surface area contributed by atoms with Crippen LogP contribution >= 0.6 is 0 Å². The molecule has 0 aliphatic rings. The molecule has 0 amide bonds. The predicted molar refractivity (Wildman–Crippen MR) is 84.1 cm³/mol. The smallest absolute Gasteiger partial charge is 0.349 e. The van der Waals surface area contributed by atoms with Crippen LogP contribution in [0.3, 0.4) is 0 Å². The van der Waals surface area contributed by atoms with Crippen molar-refractivity contribution in [2.24, 2.45) is 0 Å². The van der Waals surface area contributed by atoms with Crippen LogP contribution in [0.1, 0.15) is 11.4 Å². The fourth-order valence-corrected chi connectivity index (χ4v) is 2.36. The molecule has 3 aromatic heterocycles. The zero-order valence-electron chi connectivity index (χ0n) is 13.5. The lowest BCUT2D eigenvalue weighted by Gasteiger charge is -2.19. The topological polar surface area (TPSA) is 85.4 Å². The summed E-state index contributed by atoms with van der Waals surface area (Å²) in [4.78, 5) is 17.2. The molecule has 0 fully saturated rings. The fourth-order valence-electron chi connectivity index (χ4n) is 2.36. The van der Waals surface area contributed by atoms with Gasteiger partial charge in [0, 0.05) is 12.4 Å². The minimum atomic E-state index is -5.89. The maximum Gasteiger partial charge on any atom is 0.459 e. The van der Waals surface area contributed by atoms with Crippen molar-refractivity contribution >= 4 is 22.7 Å². The molecule has 27 heavy (non-hydrogen) atoms. The number of hydrogen-bond donors (Lipinski definition) is 1. The van der Waals surface area contributed by atoms with Gasteiger partial charge in [0.1, 0.15) is 23.2 Å². The lowest BCUT2D eigenvalue weighted by Crippen LogP contribution is -2.34. The first-order chi connectivity index (χ1) is 12.5. The highest BCUT2D eigenvalue weighted by Gasteiger charge is 2.60. The summed E-state index contributed by atoms with van der Waals surface area (Å²) in [6.07, 6.45) is -2.43. The summed E-state index contributed by atoms with van der Waals surface area (Å²) in [5.41, 5.74) is -1.48. The van der Waals surface area contributed by atoms with E-state index in [1.807, 2.05) is 0 Å². The minimum absolute atomic E-state index is 0.218. The lowest BCUT2D eigenvalue weighted by atomic mass is 10.1. The van der Waals surface area contributed by atoms with Crippen LogP contribution in [0.5, 0.6) is 0 Å². The number of alkyl halides is 5. The van der Waals surface area contributed by atoms with E-state index in [1.165, 1.54) is 12.3 Å². The van der Waals surface area contributed by atoms with Crippen LogP contribution < -0.4 is 5.32 Å². The molecule has 0 radical (unpaired) electrons. The molecule has 7 nitrogen and oxygen atoms in total. The summed E-state index contributed by atoms with van der Waals surface area (Å²) < 4.78 is 66.3. The van der Waals surface area contributed by atoms with Crippen molar-refractivity contribution < 1.29 is 26.9 Å². The van der Waals surface area contributed by atoms with Gasteiger partial charge in [0.15, 0.2) is 0 Å². The number of halogens is 5. The number of hydrogen-bond acceptors (Lipinski definition) is 5. The van der Waals surface area contributed by atoms with Crippen LogP contribution in [0.2, 0.25) is 0 Å². The Balaban J connectivity index is 2.06. The monoisotopic (exact) mass is 387 g/mol. The van der Waals surface area contributed by atoms with Crippen molar-refractivity contribution in [1.29, 1.82) is 0 Å². The summed E-state index contributed by atoms with van der Waals surface area (Å²) in [5, 5.41) is 13.6. The Kier molecular flexibility index (Phi) is 4.20. The van der Waals surface area contributed by atoms with Gasteiger partial charge in [-0.2, -0.15) is 22.0 Å². The van der Waals surface area contributed by atoms with E-state index in [-0.39, 0.29) is 5.69 Å². The van der Waals surface area contributed by atoms with Gasteiger partial charge in [0.25, 0.3) is 0 Å². The van der Waals surface area contributed by atoms with Gasteiger partial charge in [0.2, 0.25) is 0 Å². The van der Waals surface area contributed by atoms with E-state index in [0.717, 1.165) is 0 Å². The standard InChI is InChI=1S/C15H10F5N5O2/c1-8-6-24-7-9(2-3-13(24)22-8)23-10-4-12(14(16,17)15(18,19)20)21-5-11(10)25(26)27/h2-7H,1H3,(H,21,23). The van der Waals surface area contributed by atoms with Crippen molar-refractivity contribution in [1.82, 2.24) is 14.4 Å². The van der Waals surface area contributed by atoms with Gasteiger partial charge < -0.3 is 9.72 Å². The molecular formula is C15H10F5N5O2. The molecule has 0 saturated heterocycles. The molecule has 12 heteroatoms. The molecule has 0 aliphatic heterocycles. The van der Waals surface area contributed by atoms with Crippen LogP contribution in [0.4, 0.5) is 39.0 Å². The second-order valence-electron chi connectivity index (χ2n) is 5.61. The molecule has 0 bridgehead atoms. The number of aryl methyl sites for hydroxylation is 1. The average molecular weight is 387 g/mol. The molecule has 1 N–H and O–H groups in total. The largest absolute Gasteiger partial charge is 0.459 e. The first-order valence-corrected chi connectivity index (χ1v) is 7.31. The second kappa shape index (κ2) is 6.14. The normalized spacial score (nSPS) is 12.4. The number of nitrogens with one attached hydrogen (secondary N) is 1. The summed E-state index contributed by atoms with van der Waals surface area (Å²) in [7, 11) is 0. The van der Waals surface area contributed by atoms with Crippen molar-refractivity contribution in [2.45, 2.75) is 19.0 Å². The number of nitrogens with zero attached hydrogens (tertiary/aromatic N) is 4. The molecule has 0 atom stereocenters. The fraction of sp³-hybridized carbons (Fsp3) is 0.200. The molecule has 142 valence electrons. The van der Waals surface area contributed by atoms with Gasteiger partial charge in [-0.25, -0.2) is 9.97 Å². The van der Waals surface area contributed by atoms with E-state index in [1.54, 1.807) is 23.6 Å². The first kappa shape index (κ1) is 18.5. The van der Waals surface area contributed by atoms with Gasteiger partial charge in [0.05, 0.1) is 16.3 Å². The van der Waals surface area contributed by atoms with Gasteiger partial charge >= 0.3 is 17.8 Å². The van der Waals surface area contributed by atoms with Crippen LogP contribution in [-0.2, 0) is 5.92 Å². The predicted octanol–water partition coefficient (Wildman–Crippen LogP) is 4.34.